The van der Waals surface area contributed by atoms with Crippen LogP contribution in [0.2, 0.25) is 0 Å². The van der Waals surface area contributed by atoms with Crippen molar-refractivity contribution in [2.75, 3.05) is 0 Å². The van der Waals surface area contributed by atoms with Crippen LogP contribution in [0.25, 0.3) is 0 Å². The van der Waals surface area contributed by atoms with Crippen molar-refractivity contribution in [3.63, 3.8) is 0 Å². The van der Waals surface area contributed by atoms with Crippen molar-refractivity contribution < 1.29 is 29.3 Å². The third kappa shape index (κ3) is 9.69. The molecule has 4 N–H and O–H groups in total. The molecule has 2 heterocycles. The first kappa shape index (κ1) is 30.2. The van der Waals surface area contributed by atoms with Crippen molar-refractivity contribution in [1.82, 2.24) is 20.6 Å². The van der Waals surface area contributed by atoms with Crippen LogP contribution in [0, 0.1) is 0 Å². The summed E-state index contributed by atoms with van der Waals surface area (Å²) in [5, 5.41) is 28.2. The summed E-state index contributed by atoms with van der Waals surface area (Å²) >= 11 is 0. The maximum atomic E-state index is 12.8. The van der Waals surface area contributed by atoms with Crippen LogP contribution < -0.4 is 10.6 Å². The topological polar surface area (TPSA) is 143 Å². The Morgan fingerprint density at radius 1 is 0.595 bits per heavy atom. The van der Waals surface area contributed by atoms with Crippen molar-refractivity contribution in [3.8, 4) is 0 Å². The molecular formula is C32H34N4O6. The van der Waals surface area contributed by atoms with E-state index in [1.807, 2.05) is 60.7 Å². The van der Waals surface area contributed by atoms with Crippen molar-refractivity contribution in [2.24, 2.45) is 0 Å². The van der Waals surface area contributed by atoms with Gasteiger partial charge in [-0.3, -0.25) is 9.97 Å². The van der Waals surface area contributed by atoms with Crippen LogP contribution in [0.1, 0.15) is 22.3 Å². The molecule has 0 aliphatic rings. The van der Waals surface area contributed by atoms with E-state index in [4.69, 9.17) is 9.47 Å². The number of hydrogen-bond acceptors (Lipinski definition) is 8. The van der Waals surface area contributed by atoms with Crippen molar-refractivity contribution >= 4 is 12.2 Å². The largest absolute Gasteiger partial charge is 0.445 e. The Morgan fingerprint density at radius 2 is 0.976 bits per heavy atom. The molecule has 0 fully saturated rings. The summed E-state index contributed by atoms with van der Waals surface area (Å²) in [5.41, 5.74) is 3.05. The van der Waals surface area contributed by atoms with E-state index in [0.29, 0.717) is 11.1 Å². The fourth-order valence-electron chi connectivity index (χ4n) is 4.38. The molecular weight excluding hydrogens is 536 g/mol. The number of aliphatic hydroxyl groups excluding tert-OH is 2. The standard InChI is InChI=1S/C32H34N4O6/c37-29(27(17-23-9-3-1-4-10-23)35-31(39)41-21-25-13-7-15-33-19-25)30(38)28(18-24-11-5-2-6-12-24)36-32(40)42-22-26-14-8-16-34-20-26/h1-16,19-20,27-30,37-38H,17-18,21-22H2,(H,35,39)(H,36,40)/t27-,28-,29-,30+/m0/s1. The quantitative estimate of drug-likeness (QED) is 0.191. The average Bonchev–Trinajstić information content (AvgIpc) is 3.03. The lowest BCUT2D eigenvalue weighted by atomic mass is 9.91. The smallest absolute Gasteiger partial charge is 0.407 e. The normalized spacial score (nSPS) is 13.7. The van der Waals surface area contributed by atoms with E-state index in [9.17, 15) is 19.8 Å². The van der Waals surface area contributed by atoms with Crippen LogP contribution in [0.3, 0.4) is 0 Å². The van der Waals surface area contributed by atoms with Gasteiger partial charge in [0.1, 0.15) is 25.4 Å². The first-order valence-electron chi connectivity index (χ1n) is 13.6. The van der Waals surface area contributed by atoms with Gasteiger partial charge in [-0.15, -0.1) is 0 Å². The van der Waals surface area contributed by atoms with Gasteiger partial charge in [-0.25, -0.2) is 9.59 Å². The van der Waals surface area contributed by atoms with E-state index in [0.717, 1.165) is 11.1 Å². The molecule has 0 unspecified atom stereocenters. The number of aliphatic hydroxyl groups is 2. The van der Waals surface area contributed by atoms with Crippen LogP contribution in [0.15, 0.2) is 110 Å². The maximum absolute atomic E-state index is 12.8. The molecule has 4 aromatic rings. The summed E-state index contributed by atoms with van der Waals surface area (Å²) in [7, 11) is 0. The maximum Gasteiger partial charge on any atom is 0.407 e. The highest BCUT2D eigenvalue weighted by Gasteiger charge is 2.35. The lowest BCUT2D eigenvalue weighted by Gasteiger charge is -2.32. The second-order valence-electron chi connectivity index (χ2n) is 9.74. The first-order valence-corrected chi connectivity index (χ1v) is 13.6. The van der Waals surface area contributed by atoms with E-state index in [-0.39, 0.29) is 26.1 Å². The summed E-state index contributed by atoms with van der Waals surface area (Å²) in [6, 6.07) is 23.6. The highest BCUT2D eigenvalue weighted by atomic mass is 16.6. The molecule has 0 radical (unpaired) electrons. The highest BCUT2D eigenvalue weighted by molar-refractivity contribution is 5.68. The van der Waals surface area contributed by atoms with Crippen LogP contribution in [0.5, 0.6) is 0 Å². The van der Waals surface area contributed by atoms with Crippen LogP contribution in [0.4, 0.5) is 9.59 Å². The van der Waals surface area contributed by atoms with Gasteiger partial charge in [0.25, 0.3) is 0 Å². The number of nitrogens with one attached hydrogen (secondary N) is 2. The molecule has 0 bridgehead atoms. The lowest BCUT2D eigenvalue weighted by Crippen LogP contribution is -2.57. The number of aromatic nitrogens is 2. The number of alkyl carbamates (subject to hydrolysis) is 2. The number of amides is 2. The number of nitrogens with zero attached hydrogens (tertiary/aromatic N) is 2. The van der Waals surface area contributed by atoms with Crippen molar-refractivity contribution in [1.29, 1.82) is 0 Å². The van der Waals surface area contributed by atoms with Gasteiger partial charge < -0.3 is 30.3 Å². The zero-order chi connectivity index (χ0) is 29.6. The van der Waals surface area contributed by atoms with Gasteiger partial charge >= 0.3 is 12.2 Å². The number of hydrogen-bond donors (Lipinski definition) is 4. The fourth-order valence-corrected chi connectivity index (χ4v) is 4.38. The Bertz CT molecular complexity index is 1260. The fraction of sp³-hybridized carbons (Fsp3) is 0.250. The Balaban J connectivity index is 1.48. The number of rotatable bonds is 13. The molecule has 2 aromatic carbocycles. The Kier molecular flexibility index (Phi) is 11.4. The van der Waals surface area contributed by atoms with Gasteiger partial charge in [-0.1, -0.05) is 72.8 Å². The molecule has 0 aliphatic heterocycles. The number of ether oxygens (including phenoxy) is 2. The van der Waals surface area contributed by atoms with Crippen LogP contribution in [-0.4, -0.2) is 56.7 Å². The van der Waals surface area contributed by atoms with E-state index in [1.165, 1.54) is 0 Å². The van der Waals surface area contributed by atoms with Gasteiger partial charge in [0.05, 0.1) is 12.1 Å². The summed E-state index contributed by atoms with van der Waals surface area (Å²) in [5.74, 6) is 0. The molecule has 0 spiro atoms. The summed E-state index contributed by atoms with van der Waals surface area (Å²) < 4.78 is 10.7. The minimum absolute atomic E-state index is 0.0165. The summed E-state index contributed by atoms with van der Waals surface area (Å²) in [6.07, 6.45) is 2.30. The molecule has 4 atom stereocenters. The van der Waals surface area contributed by atoms with Crippen molar-refractivity contribution in [2.45, 2.75) is 50.3 Å². The van der Waals surface area contributed by atoms with E-state index < -0.39 is 36.5 Å². The monoisotopic (exact) mass is 570 g/mol. The minimum atomic E-state index is -1.48. The Morgan fingerprint density at radius 3 is 1.33 bits per heavy atom. The van der Waals surface area contributed by atoms with E-state index >= 15 is 0 Å². The lowest BCUT2D eigenvalue weighted by molar-refractivity contribution is -0.0240. The second-order valence-corrected chi connectivity index (χ2v) is 9.74. The van der Waals surface area contributed by atoms with Crippen LogP contribution >= 0.6 is 0 Å². The van der Waals surface area contributed by atoms with Gasteiger partial charge in [-0.05, 0) is 36.1 Å². The molecule has 4 rings (SSSR count). The van der Waals surface area contributed by atoms with Crippen molar-refractivity contribution in [3.05, 3.63) is 132 Å². The third-order valence-electron chi connectivity index (χ3n) is 6.56. The molecule has 0 saturated carbocycles. The Hall–Kier alpha value is -4.80. The van der Waals surface area contributed by atoms with Gasteiger partial charge in [0, 0.05) is 35.9 Å². The van der Waals surface area contributed by atoms with Gasteiger partial charge in [0.15, 0.2) is 0 Å². The van der Waals surface area contributed by atoms with Gasteiger partial charge in [0.2, 0.25) is 0 Å². The molecule has 10 heteroatoms. The predicted octanol–water partition coefficient (Wildman–Crippen LogP) is 3.57. The number of benzene rings is 2. The number of carbonyl (C=O) groups excluding carboxylic acids is 2. The average molecular weight is 571 g/mol. The number of pyridine rings is 2. The first-order chi connectivity index (χ1) is 20.5. The molecule has 0 aliphatic carbocycles. The van der Waals surface area contributed by atoms with Crippen LogP contribution in [-0.2, 0) is 35.5 Å². The molecule has 42 heavy (non-hydrogen) atoms. The summed E-state index contributed by atoms with van der Waals surface area (Å²) in [6.45, 7) is -0.0331. The number of carbonyl (C=O) groups is 2. The SMILES string of the molecule is O=C(N[C@@H](Cc1ccccc1)[C@H](O)[C@H](O)[C@H](Cc1ccccc1)NC(=O)OCc1cccnc1)OCc1cccnc1. The zero-order valence-electron chi connectivity index (χ0n) is 23.0. The molecule has 218 valence electrons. The molecule has 2 amide bonds. The highest BCUT2D eigenvalue weighted by Crippen LogP contribution is 2.16. The summed E-state index contributed by atoms with van der Waals surface area (Å²) in [4.78, 5) is 33.5. The zero-order valence-corrected chi connectivity index (χ0v) is 23.0. The molecule has 10 nitrogen and oxygen atoms in total. The van der Waals surface area contributed by atoms with E-state index in [1.54, 1.807) is 49.1 Å². The second kappa shape index (κ2) is 15.8. The Labute approximate surface area is 244 Å². The third-order valence-corrected chi connectivity index (χ3v) is 6.56. The molecule has 0 saturated heterocycles. The molecule has 2 aromatic heterocycles. The predicted molar refractivity (Wildman–Crippen MR) is 155 cm³/mol. The minimum Gasteiger partial charge on any atom is -0.445 e. The van der Waals surface area contributed by atoms with Gasteiger partial charge in [-0.2, -0.15) is 0 Å². The van der Waals surface area contributed by atoms with E-state index in [2.05, 4.69) is 20.6 Å².